The molecule has 6 heterocycles. The van der Waals surface area contributed by atoms with Crippen LogP contribution < -0.4 is 15.5 Å². The average molecular weight is 716 g/mol. The Balaban J connectivity index is 0.990. The van der Waals surface area contributed by atoms with Crippen molar-refractivity contribution < 1.29 is 32.6 Å². The minimum atomic E-state index is -2.91. The number of alkyl halides is 2. The largest absolute Gasteiger partial charge is 0.379 e. The maximum absolute atomic E-state index is 14.0. The second kappa shape index (κ2) is 17.4. The molecular formula is C33H47F2N11O5. The fourth-order valence-corrected chi connectivity index (χ4v) is 6.59. The quantitative estimate of drug-likeness (QED) is 0.325. The molecular weight excluding hydrogens is 668 g/mol. The fourth-order valence-electron chi connectivity index (χ4n) is 6.59. The smallest absolute Gasteiger partial charge is 0.281 e. The van der Waals surface area contributed by atoms with E-state index in [4.69, 9.17) is 24.9 Å². The Morgan fingerprint density at radius 2 is 1.67 bits per heavy atom. The van der Waals surface area contributed by atoms with Gasteiger partial charge in [0.05, 0.1) is 44.6 Å². The highest BCUT2D eigenvalue weighted by atomic mass is 19.3. The Morgan fingerprint density at radius 1 is 0.941 bits per heavy atom. The first kappa shape index (κ1) is 36.7. The third kappa shape index (κ3) is 9.61. The zero-order valence-electron chi connectivity index (χ0n) is 29.0. The van der Waals surface area contributed by atoms with Gasteiger partial charge in [0.1, 0.15) is 12.3 Å². The summed E-state index contributed by atoms with van der Waals surface area (Å²) in [4.78, 5) is 57.0. The second-order valence-corrected chi connectivity index (χ2v) is 13.2. The normalized spacial score (nSPS) is 21.2. The third-order valence-corrected chi connectivity index (χ3v) is 9.67. The van der Waals surface area contributed by atoms with Crippen LogP contribution in [0.15, 0.2) is 18.3 Å². The minimum absolute atomic E-state index is 0.0198. The predicted molar refractivity (Wildman–Crippen MR) is 183 cm³/mol. The number of amides is 2. The van der Waals surface area contributed by atoms with Crippen molar-refractivity contribution in [1.82, 2.24) is 39.6 Å². The number of anilines is 3. The molecule has 278 valence electrons. The van der Waals surface area contributed by atoms with Crippen molar-refractivity contribution >= 4 is 29.7 Å². The zero-order chi connectivity index (χ0) is 35.7. The van der Waals surface area contributed by atoms with Crippen LogP contribution in [0, 0.1) is 5.92 Å². The van der Waals surface area contributed by atoms with E-state index >= 15 is 0 Å². The van der Waals surface area contributed by atoms with Crippen LogP contribution >= 0.6 is 0 Å². The average Bonchev–Trinajstić information content (AvgIpc) is 3.15. The molecule has 2 aromatic heterocycles. The van der Waals surface area contributed by atoms with E-state index in [0.29, 0.717) is 77.5 Å². The molecule has 4 aliphatic heterocycles. The van der Waals surface area contributed by atoms with Gasteiger partial charge in [0, 0.05) is 77.7 Å². The molecule has 1 atom stereocenters. The van der Waals surface area contributed by atoms with Crippen LogP contribution in [0.25, 0.3) is 11.4 Å². The third-order valence-electron chi connectivity index (χ3n) is 9.67. The molecule has 2 N–H and O–H groups in total. The summed E-state index contributed by atoms with van der Waals surface area (Å²) < 4.78 is 44.8. The van der Waals surface area contributed by atoms with E-state index < -0.39 is 12.1 Å². The first-order valence-corrected chi connectivity index (χ1v) is 17.6. The van der Waals surface area contributed by atoms with Gasteiger partial charge in [-0.3, -0.25) is 14.5 Å². The molecule has 2 aromatic rings. The maximum atomic E-state index is 14.0. The number of halogens is 2. The Hall–Kier alpha value is -4.13. The number of aromatic nitrogens is 5. The summed E-state index contributed by atoms with van der Waals surface area (Å²) in [5.74, 6) is 0.621. The number of hydrogen-bond acceptors (Lipinski definition) is 14. The van der Waals surface area contributed by atoms with Gasteiger partial charge in [0.15, 0.2) is 5.82 Å². The number of morpholine rings is 2. The number of piperazine rings is 1. The Bertz CT molecular complexity index is 1520. The first-order valence-electron chi connectivity index (χ1n) is 17.6. The molecule has 0 bridgehead atoms. The van der Waals surface area contributed by atoms with Crippen LogP contribution in [0.2, 0.25) is 0 Å². The lowest BCUT2D eigenvalue weighted by atomic mass is 9.98. The van der Waals surface area contributed by atoms with Crippen LogP contribution in [0.4, 0.5) is 26.6 Å². The number of rotatable bonds is 11. The van der Waals surface area contributed by atoms with Crippen molar-refractivity contribution in [2.45, 2.75) is 32.2 Å². The minimum Gasteiger partial charge on any atom is -0.379 e. The van der Waals surface area contributed by atoms with E-state index in [9.17, 15) is 18.4 Å². The van der Waals surface area contributed by atoms with Gasteiger partial charge in [-0.2, -0.15) is 15.0 Å². The van der Waals surface area contributed by atoms with Gasteiger partial charge in [-0.25, -0.2) is 18.7 Å². The highest BCUT2D eigenvalue weighted by molar-refractivity contribution is 5.87. The molecule has 0 radical (unpaired) electrons. The van der Waals surface area contributed by atoms with E-state index in [2.05, 4.69) is 24.8 Å². The molecule has 0 saturated carbocycles. The molecule has 2 amide bonds. The van der Waals surface area contributed by atoms with Crippen LogP contribution in [0.1, 0.15) is 31.9 Å². The molecule has 4 aliphatic rings. The van der Waals surface area contributed by atoms with Gasteiger partial charge in [-0.15, -0.1) is 0 Å². The molecule has 16 nitrogen and oxygen atoms in total. The van der Waals surface area contributed by atoms with Gasteiger partial charge in [0.2, 0.25) is 29.7 Å². The number of carbonyl (C=O) groups excluding carboxylic acids is 2. The van der Waals surface area contributed by atoms with E-state index in [-0.39, 0.29) is 47.7 Å². The maximum Gasteiger partial charge on any atom is 0.281 e. The van der Waals surface area contributed by atoms with Gasteiger partial charge in [-0.1, -0.05) is 6.08 Å². The molecule has 51 heavy (non-hydrogen) atoms. The van der Waals surface area contributed by atoms with Crippen molar-refractivity contribution in [3.8, 4) is 11.4 Å². The van der Waals surface area contributed by atoms with E-state index in [1.165, 1.54) is 6.20 Å². The summed E-state index contributed by atoms with van der Waals surface area (Å²) in [6.07, 6.45) is 3.56. The summed E-state index contributed by atoms with van der Waals surface area (Å²) in [5, 5.41) is 0. The van der Waals surface area contributed by atoms with Crippen molar-refractivity contribution in [2.24, 2.45) is 5.92 Å². The monoisotopic (exact) mass is 715 g/mol. The lowest BCUT2D eigenvalue weighted by Crippen LogP contribution is -2.50. The number of ether oxygens (including phenoxy) is 3. The Labute approximate surface area is 295 Å². The molecule has 0 unspecified atom stereocenters. The summed E-state index contributed by atoms with van der Waals surface area (Å²) in [6.45, 7) is 10.9. The number of piperidine rings is 1. The lowest BCUT2D eigenvalue weighted by molar-refractivity contribution is -0.137. The number of nitrogens with two attached hydrogens (primary N) is 1. The summed E-state index contributed by atoms with van der Waals surface area (Å²) in [6, 6.07) is -0.0449. The Kier molecular flexibility index (Phi) is 12.5. The summed E-state index contributed by atoms with van der Waals surface area (Å²) >= 11 is 0. The Morgan fingerprint density at radius 3 is 2.39 bits per heavy atom. The standard InChI is InChI=1S/C33H47F2N11O5/c1-23-20-50-18-15-46(23)33-40-30(25-19-37-31(36)38-28(25)29(34)35)39-32(41-33)45-11-9-44(10-12-45)27(48)22-51-21-24-4-7-43(8-5-24)26(47)3-2-6-42-13-16-49-17-14-42/h2-3,19,23-24,29H,4-18,20-22H2,1H3,(H2,36,37,38)/b3-2+/t23-/m0/s1. The molecule has 0 spiro atoms. The van der Waals surface area contributed by atoms with Gasteiger partial charge >= 0.3 is 0 Å². The number of nitrogens with zero attached hydrogens (tertiary/aromatic N) is 10. The molecule has 6 rings (SSSR count). The number of carbonyl (C=O) groups is 2. The molecule has 18 heteroatoms. The second-order valence-electron chi connectivity index (χ2n) is 13.2. The van der Waals surface area contributed by atoms with Crippen molar-refractivity contribution in [3.05, 3.63) is 24.0 Å². The number of nitrogen functional groups attached to an aromatic ring is 1. The van der Waals surface area contributed by atoms with Crippen LogP contribution in [-0.2, 0) is 23.8 Å². The van der Waals surface area contributed by atoms with Crippen LogP contribution in [-0.4, -0.2) is 163 Å². The van der Waals surface area contributed by atoms with Gasteiger partial charge in [0.25, 0.3) is 6.43 Å². The zero-order valence-corrected chi connectivity index (χ0v) is 29.0. The van der Waals surface area contributed by atoms with Crippen LogP contribution in [0.5, 0.6) is 0 Å². The number of hydrogen-bond donors (Lipinski definition) is 1. The topological polar surface area (TPSA) is 168 Å². The summed E-state index contributed by atoms with van der Waals surface area (Å²) in [7, 11) is 0. The van der Waals surface area contributed by atoms with Crippen LogP contribution in [0.3, 0.4) is 0 Å². The first-order chi connectivity index (χ1) is 24.7. The summed E-state index contributed by atoms with van der Waals surface area (Å²) in [5.41, 5.74) is 5.03. The van der Waals surface area contributed by atoms with Crippen molar-refractivity contribution in [1.29, 1.82) is 0 Å². The fraction of sp³-hybridized carbons (Fsp3) is 0.667. The highest BCUT2D eigenvalue weighted by Crippen LogP contribution is 2.30. The number of likely N-dealkylation sites (tertiary alicyclic amines) is 1. The molecule has 0 aliphatic carbocycles. The predicted octanol–water partition coefficient (Wildman–Crippen LogP) is 0.866. The lowest BCUT2D eigenvalue weighted by Gasteiger charge is -2.36. The highest BCUT2D eigenvalue weighted by Gasteiger charge is 2.29. The van der Waals surface area contributed by atoms with E-state index in [1.807, 2.05) is 27.7 Å². The van der Waals surface area contributed by atoms with Crippen molar-refractivity contribution in [3.63, 3.8) is 0 Å². The van der Waals surface area contributed by atoms with E-state index in [0.717, 1.165) is 45.7 Å². The van der Waals surface area contributed by atoms with Gasteiger partial charge in [-0.05, 0) is 25.7 Å². The van der Waals surface area contributed by atoms with E-state index in [1.54, 1.807) is 11.0 Å². The van der Waals surface area contributed by atoms with Gasteiger partial charge < -0.3 is 39.5 Å². The molecule has 0 aromatic carbocycles. The van der Waals surface area contributed by atoms with Crippen molar-refractivity contribution in [2.75, 3.05) is 121 Å². The SMILES string of the molecule is C[C@H]1COCCN1c1nc(-c2cnc(N)nc2C(F)F)nc(N2CCN(C(=O)COCC3CCN(C(=O)/C=C/CN4CCOCC4)CC3)CC2)n1. The molecule has 4 saturated heterocycles. The molecule has 4 fully saturated rings.